The molecular formula is C26H25Cl2F2N. The molecule has 3 aromatic rings. The Kier molecular flexibility index (Phi) is 6.66. The van der Waals surface area contributed by atoms with Crippen LogP contribution < -0.4 is 0 Å². The van der Waals surface area contributed by atoms with Crippen LogP contribution in [-0.4, -0.2) is 18.0 Å². The molecule has 4 rings (SSSR count). The van der Waals surface area contributed by atoms with Gasteiger partial charge in [-0.05, 0) is 70.8 Å². The van der Waals surface area contributed by atoms with Gasteiger partial charge in [0, 0.05) is 29.2 Å². The summed E-state index contributed by atoms with van der Waals surface area (Å²) in [6.07, 6.45) is 0. The lowest BCUT2D eigenvalue weighted by molar-refractivity contribution is 0.0411. The third-order valence-corrected chi connectivity index (χ3v) is 6.67. The van der Waals surface area contributed by atoms with E-state index in [4.69, 9.17) is 23.2 Å². The van der Waals surface area contributed by atoms with Crippen molar-refractivity contribution in [3.8, 4) is 0 Å². The van der Waals surface area contributed by atoms with E-state index in [2.05, 4.69) is 43.0 Å². The molecule has 0 aromatic heterocycles. The predicted octanol–water partition coefficient (Wildman–Crippen LogP) is 7.73. The number of nitrogens with zero attached hydrogens (tertiary/aromatic N) is 1. The fourth-order valence-corrected chi connectivity index (χ4v) is 5.11. The number of hydrogen-bond acceptors (Lipinski definition) is 1. The summed E-state index contributed by atoms with van der Waals surface area (Å²) >= 11 is 12.2. The third-order valence-electron chi connectivity index (χ3n) is 6.17. The molecule has 0 amide bonds. The van der Waals surface area contributed by atoms with E-state index in [1.807, 2.05) is 24.3 Å². The average Bonchev–Trinajstić information content (AvgIpc) is 2.67. The van der Waals surface area contributed by atoms with E-state index in [-0.39, 0.29) is 17.9 Å². The summed E-state index contributed by atoms with van der Waals surface area (Å²) < 4.78 is 27.8. The van der Waals surface area contributed by atoms with Crippen LogP contribution in [-0.2, 0) is 0 Å². The van der Waals surface area contributed by atoms with Crippen LogP contribution in [0, 0.1) is 23.5 Å². The van der Waals surface area contributed by atoms with Crippen molar-refractivity contribution >= 4 is 23.2 Å². The number of benzene rings is 3. The maximum atomic E-state index is 13.9. The number of halogens is 4. The van der Waals surface area contributed by atoms with Crippen molar-refractivity contribution in [2.45, 2.75) is 25.8 Å². The summed E-state index contributed by atoms with van der Waals surface area (Å²) in [6, 6.07) is 19.8. The predicted molar refractivity (Wildman–Crippen MR) is 124 cm³/mol. The van der Waals surface area contributed by atoms with Crippen LogP contribution in [0.5, 0.6) is 0 Å². The molecule has 3 aromatic carbocycles. The summed E-state index contributed by atoms with van der Waals surface area (Å²) in [5, 5.41) is 1.40. The van der Waals surface area contributed by atoms with Gasteiger partial charge in [-0.25, -0.2) is 8.78 Å². The average molecular weight is 460 g/mol. The van der Waals surface area contributed by atoms with Gasteiger partial charge in [-0.1, -0.05) is 61.3 Å². The van der Waals surface area contributed by atoms with Crippen molar-refractivity contribution in [2.75, 3.05) is 13.1 Å². The van der Waals surface area contributed by atoms with Crippen LogP contribution in [0.15, 0.2) is 66.7 Å². The van der Waals surface area contributed by atoms with Gasteiger partial charge in [-0.3, -0.25) is 4.90 Å². The van der Waals surface area contributed by atoms with Gasteiger partial charge in [0.1, 0.15) is 11.6 Å². The quantitative estimate of drug-likeness (QED) is 0.364. The second-order valence-corrected chi connectivity index (χ2v) is 9.57. The fourth-order valence-electron chi connectivity index (χ4n) is 4.86. The largest absolute Gasteiger partial charge is 0.292 e. The van der Waals surface area contributed by atoms with Crippen molar-refractivity contribution in [1.29, 1.82) is 0 Å². The van der Waals surface area contributed by atoms with E-state index in [0.717, 1.165) is 35.8 Å². The topological polar surface area (TPSA) is 3.24 Å². The molecule has 1 aliphatic heterocycles. The highest BCUT2D eigenvalue weighted by Crippen LogP contribution is 2.43. The van der Waals surface area contributed by atoms with E-state index in [0.29, 0.717) is 16.0 Å². The molecule has 0 radical (unpaired) electrons. The molecule has 1 nitrogen and oxygen atoms in total. The smallest absolute Gasteiger partial charge is 0.126 e. The maximum Gasteiger partial charge on any atom is 0.126 e. The number of hydrogen-bond donors (Lipinski definition) is 0. The van der Waals surface area contributed by atoms with Gasteiger partial charge in [0.05, 0.1) is 6.04 Å². The molecular weight excluding hydrogens is 435 g/mol. The Morgan fingerprint density at radius 1 is 0.742 bits per heavy atom. The lowest BCUT2D eigenvalue weighted by Gasteiger charge is -2.49. The van der Waals surface area contributed by atoms with Crippen LogP contribution in [0.2, 0.25) is 10.0 Å². The zero-order valence-electron chi connectivity index (χ0n) is 17.5. The monoisotopic (exact) mass is 459 g/mol. The summed E-state index contributed by atoms with van der Waals surface area (Å²) in [5.41, 5.74) is 3.05. The highest BCUT2D eigenvalue weighted by Gasteiger charge is 2.40. The molecule has 1 heterocycles. The highest BCUT2D eigenvalue weighted by atomic mass is 35.5. The Hall–Kier alpha value is -1.94. The lowest BCUT2D eigenvalue weighted by atomic mass is 9.73. The molecule has 1 fully saturated rings. The van der Waals surface area contributed by atoms with Gasteiger partial charge in [0.15, 0.2) is 0 Å². The van der Waals surface area contributed by atoms with Crippen LogP contribution in [0.3, 0.4) is 0 Å². The summed E-state index contributed by atoms with van der Waals surface area (Å²) in [4.78, 5) is 2.40. The Balaban J connectivity index is 1.60. The van der Waals surface area contributed by atoms with Crippen molar-refractivity contribution in [3.05, 3.63) is 105 Å². The second kappa shape index (κ2) is 9.28. The maximum absolute atomic E-state index is 13.9. The summed E-state index contributed by atoms with van der Waals surface area (Å²) in [6.45, 7) is 5.92. The Morgan fingerprint density at radius 2 is 1.19 bits per heavy atom. The molecule has 0 aliphatic carbocycles. The standard InChI is InChI=1S/C26H25Cl2F2N/c1-16(2)25(19-11-23(29)13-24(30)12-19)20-14-31(15-20)26(17-3-7-21(27)8-4-17)18-5-9-22(28)10-6-18/h3-13,16,20,25-26H,14-15H2,1-2H3. The Morgan fingerprint density at radius 3 is 1.61 bits per heavy atom. The van der Waals surface area contributed by atoms with Gasteiger partial charge >= 0.3 is 0 Å². The zero-order valence-corrected chi connectivity index (χ0v) is 19.0. The molecule has 5 heteroatoms. The van der Waals surface area contributed by atoms with Gasteiger partial charge in [0.25, 0.3) is 0 Å². The molecule has 1 aliphatic rings. The molecule has 0 saturated carbocycles. The number of likely N-dealkylation sites (tertiary alicyclic amines) is 1. The first-order valence-electron chi connectivity index (χ1n) is 10.5. The first-order valence-corrected chi connectivity index (χ1v) is 11.3. The van der Waals surface area contributed by atoms with Crippen LogP contribution in [0.4, 0.5) is 8.78 Å². The van der Waals surface area contributed by atoms with E-state index >= 15 is 0 Å². The fraction of sp³-hybridized carbons (Fsp3) is 0.308. The Bertz CT molecular complexity index is 963. The van der Waals surface area contributed by atoms with Gasteiger partial charge < -0.3 is 0 Å². The summed E-state index contributed by atoms with van der Waals surface area (Å²) in [5.74, 6) is -0.340. The molecule has 0 N–H and O–H groups in total. The minimum atomic E-state index is -0.517. The third kappa shape index (κ3) is 4.95. The first-order chi connectivity index (χ1) is 14.8. The van der Waals surface area contributed by atoms with E-state index in [1.54, 1.807) is 0 Å². The molecule has 1 unspecified atom stereocenters. The molecule has 1 saturated heterocycles. The second-order valence-electron chi connectivity index (χ2n) is 8.69. The van der Waals surface area contributed by atoms with Crippen LogP contribution in [0.25, 0.3) is 0 Å². The SMILES string of the molecule is CC(C)C(c1cc(F)cc(F)c1)C1CN(C(c2ccc(Cl)cc2)c2ccc(Cl)cc2)C1. The molecule has 0 bridgehead atoms. The normalized spacial score (nSPS) is 16.0. The van der Waals surface area contributed by atoms with E-state index < -0.39 is 11.6 Å². The summed E-state index contributed by atoms with van der Waals surface area (Å²) in [7, 11) is 0. The highest BCUT2D eigenvalue weighted by molar-refractivity contribution is 6.30. The Labute approximate surface area is 192 Å². The van der Waals surface area contributed by atoms with Gasteiger partial charge in [0.2, 0.25) is 0 Å². The molecule has 0 spiro atoms. The van der Waals surface area contributed by atoms with Crippen molar-refractivity contribution in [1.82, 2.24) is 4.90 Å². The zero-order chi connectivity index (χ0) is 22.1. The van der Waals surface area contributed by atoms with Crippen molar-refractivity contribution < 1.29 is 8.78 Å². The van der Waals surface area contributed by atoms with Crippen molar-refractivity contribution in [3.63, 3.8) is 0 Å². The van der Waals surface area contributed by atoms with E-state index in [9.17, 15) is 8.78 Å². The van der Waals surface area contributed by atoms with Gasteiger partial charge in [-0.15, -0.1) is 0 Å². The van der Waals surface area contributed by atoms with Crippen LogP contribution in [0.1, 0.15) is 42.5 Å². The minimum Gasteiger partial charge on any atom is -0.292 e. The molecule has 31 heavy (non-hydrogen) atoms. The van der Waals surface area contributed by atoms with E-state index in [1.165, 1.54) is 12.1 Å². The number of rotatable bonds is 6. The minimum absolute atomic E-state index is 0.0721. The lowest BCUT2D eigenvalue weighted by Crippen LogP contribution is -2.51. The first kappa shape index (κ1) is 22.3. The van der Waals surface area contributed by atoms with Crippen molar-refractivity contribution in [2.24, 2.45) is 11.8 Å². The molecule has 162 valence electrons. The molecule has 1 atom stereocenters. The van der Waals surface area contributed by atoms with Crippen LogP contribution >= 0.6 is 23.2 Å². The van der Waals surface area contributed by atoms with Gasteiger partial charge in [-0.2, -0.15) is 0 Å².